The lowest BCUT2D eigenvalue weighted by Gasteiger charge is -2.36. The number of hydrogen-bond donors (Lipinski definition) is 1. The Morgan fingerprint density at radius 1 is 0.963 bits per heavy atom. The van der Waals surface area contributed by atoms with Gasteiger partial charge in [0.1, 0.15) is 18.3 Å². The normalized spacial score (nSPS) is 36.1. The van der Waals surface area contributed by atoms with Gasteiger partial charge in [-0.25, -0.2) is 0 Å². The molecule has 7 nitrogen and oxygen atoms in total. The lowest BCUT2D eigenvalue weighted by Crippen LogP contribution is -2.59. The van der Waals surface area contributed by atoms with Gasteiger partial charge in [-0.15, -0.1) is 0 Å². The minimum atomic E-state index is -0.858. The van der Waals surface area contributed by atoms with Gasteiger partial charge < -0.3 is 29.0 Å². The van der Waals surface area contributed by atoms with Crippen LogP contribution < -0.4 is 5.32 Å². The number of amides is 1. The summed E-state index contributed by atoms with van der Waals surface area (Å²) in [6.07, 6.45) is -3.03. The van der Waals surface area contributed by atoms with Gasteiger partial charge in [0.2, 0.25) is 0 Å². The van der Waals surface area contributed by atoms with E-state index in [1.807, 2.05) is 26.0 Å². The third-order valence-corrected chi connectivity index (χ3v) is 5.05. The molecule has 3 aliphatic rings. The summed E-state index contributed by atoms with van der Waals surface area (Å²) in [5.41, 5.74) is 0.934. The summed E-state index contributed by atoms with van der Waals surface area (Å²) in [6, 6.07) is 7.28. The molecule has 3 aliphatic heterocycles. The summed E-state index contributed by atoms with van der Waals surface area (Å²) in [6.45, 7) is 7.59. The second-order valence-corrected chi connectivity index (χ2v) is 8.37. The molecule has 3 saturated heterocycles. The van der Waals surface area contributed by atoms with Gasteiger partial charge in [0.15, 0.2) is 24.0 Å². The number of fused-ring (bicyclic) bond motifs is 3. The zero-order chi connectivity index (χ0) is 19.4. The molecule has 148 valence electrons. The maximum atomic E-state index is 12.8. The number of carbonyl (C=O) groups excluding carboxylic acids is 1. The second-order valence-electron chi connectivity index (χ2n) is 7.93. The van der Waals surface area contributed by atoms with Crippen molar-refractivity contribution in [3.63, 3.8) is 0 Å². The van der Waals surface area contributed by atoms with Crippen molar-refractivity contribution in [1.29, 1.82) is 0 Å². The number of benzene rings is 1. The predicted octanol–water partition coefficient (Wildman–Crippen LogP) is 2.35. The first-order valence-corrected chi connectivity index (χ1v) is 9.40. The van der Waals surface area contributed by atoms with Gasteiger partial charge in [0.05, 0.1) is 0 Å². The quantitative estimate of drug-likeness (QED) is 0.843. The lowest BCUT2D eigenvalue weighted by atomic mass is 9.98. The zero-order valence-corrected chi connectivity index (χ0v) is 16.5. The van der Waals surface area contributed by atoms with Crippen molar-refractivity contribution < 1.29 is 28.5 Å². The van der Waals surface area contributed by atoms with Crippen LogP contribution in [0.15, 0.2) is 24.3 Å². The highest BCUT2D eigenvalue weighted by atomic mass is 35.5. The molecule has 0 aliphatic carbocycles. The molecule has 5 atom stereocenters. The summed E-state index contributed by atoms with van der Waals surface area (Å²) in [4.78, 5) is 12.8. The van der Waals surface area contributed by atoms with Gasteiger partial charge >= 0.3 is 0 Å². The van der Waals surface area contributed by atoms with E-state index in [9.17, 15) is 4.79 Å². The number of nitrogens with one attached hydrogen (secondary N) is 1. The molecular weight excluding hydrogens is 374 g/mol. The van der Waals surface area contributed by atoms with Gasteiger partial charge in [-0.3, -0.25) is 4.79 Å². The van der Waals surface area contributed by atoms with Crippen molar-refractivity contribution in [3.05, 3.63) is 34.9 Å². The van der Waals surface area contributed by atoms with E-state index in [-0.39, 0.29) is 5.91 Å². The maximum Gasteiger partial charge on any atom is 0.252 e. The Hall–Kier alpha value is -1.22. The smallest absolute Gasteiger partial charge is 0.252 e. The standard InChI is InChI=1S/C19H24ClNO6/c1-18(2)24-12-13(25-18)15-17(27-19(3,4)26-15)23-14(12)16(22)21-9-10-5-7-11(20)8-6-10/h5-8,12-15,17H,9H2,1-4H3,(H,21,22). The third kappa shape index (κ3) is 3.85. The molecule has 0 aromatic heterocycles. The van der Waals surface area contributed by atoms with E-state index in [2.05, 4.69) is 5.32 Å². The van der Waals surface area contributed by atoms with Crippen LogP contribution in [0.1, 0.15) is 33.3 Å². The highest BCUT2D eigenvalue weighted by Gasteiger charge is 2.62. The largest absolute Gasteiger partial charge is 0.350 e. The van der Waals surface area contributed by atoms with Crippen molar-refractivity contribution in [3.8, 4) is 0 Å². The van der Waals surface area contributed by atoms with Crippen LogP contribution >= 0.6 is 11.6 Å². The zero-order valence-electron chi connectivity index (χ0n) is 15.7. The Bertz CT molecular complexity index is 721. The Labute approximate surface area is 163 Å². The molecule has 3 fully saturated rings. The fourth-order valence-corrected chi connectivity index (χ4v) is 3.84. The van der Waals surface area contributed by atoms with Gasteiger partial charge in [0.25, 0.3) is 5.91 Å². The summed E-state index contributed by atoms with van der Waals surface area (Å²) in [5, 5.41) is 3.54. The number of hydrogen-bond acceptors (Lipinski definition) is 6. The van der Waals surface area contributed by atoms with Crippen molar-refractivity contribution in [2.45, 2.75) is 76.5 Å². The Morgan fingerprint density at radius 3 is 2.26 bits per heavy atom. The van der Waals surface area contributed by atoms with E-state index in [4.69, 9.17) is 35.3 Å². The molecule has 27 heavy (non-hydrogen) atoms. The summed E-state index contributed by atoms with van der Waals surface area (Å²) in [5.74, 6) is -1.93. The van der Waals surface area contributed by atoms with Crippen LogP contribution in [0.3, 0.4) is 0 Å². The molecule has 1 aromatic rings. The van der Waals surface area contributed by atoms with E-state index in [1.54, 1.807) is 26.0 Å². The highest BCUT2D eigenvalue weighted by Crippen LogP contribution is 2.44. The Balaban J connectivity index is 1.49. The van der Waals surface area contributed by atoms with Gasteiger partial charge in [-0.2, -0.15) is 0 Å². The molecule has 5 unspecified atom stereocenters. The molecule has 4 rings (SSSR count). The minimum Gasteiger partial charge on any atom is -0.350 e. The van der Waals surface area contributed by atoms with Crippen LogP contribution in [0.4, 0.5) is 0 Å². The average molecular weight is 398 g/mol. The van der Waals surface area contributed by atoms with Gasteiger partial charge in [-0.1, -0.05) is 23.7 Å². The summed E-state index contributed by atoms with van der Waals surface area (Å²) < 4.78 is 29.7. The number of rotatable bonds is 3. The molecule has 1 amide bonds. The highest BCUT2D eigenvalue weighted by molar-refractivity contribution is 6.30. The van der Waals surface area contributed by atoms with E-state index in [1.165, 1.54) is 0 Å². The molecule has 0 radical (unpaired) electrons. The van der Waals surface area contributed by atoms with Crippen LogP contribution in [0, 0.1) is 0 Å². The van der Waals surface area contributed by atoms with E-state index < -0.39 is 42.3 Å². The van der Waals surface area contributed by atoms with Crippen molar-refractivity contribution in [2.24, 2.45) is 0 Å². The van der Waals surface area contributed by atoms with Crippen LogP contribution in [0.25, 0.3) is 0 Å². The topological polar surface area (TPSA) is 75.3 Å². The van der Waals surface area contributed by atoms with Crippen LogP contribution in [0.5, 0.6) is 0 Å². The molecule has 3 heterocycles. The Morgan fingerprint density at radius 2 is 1.56 bits per heavy atom. The number of halogens is 1. The van der Waals surface area contributed by atoms with Crippen LogP contribution in [0.2, 0.25) is 5.02 Å². The molecular formula is C19H24ClNO6. The molecule has 0 bridgehead atoms. The SMILES string of the molecule is CC1(C)OC2OC(C(=O)NCc3ccc(Cl)cc3)C3OC(C)(C)OC3C2O1. The molecule has 1 aromatic carbocycles. The molecule has 0 saturated carbocycles. The minimum absolute atomic E-state index is 0.284. The molecule has 1 N–H and O–H groups in total. The van der Waals surface area contributed by atoms with E-state index in [0.29, 0.717) is 11.6 Å². The first-order valence-electron chi connectivity index (χ1n) is 9.02. The number of ether oxygens (including phenoxy) is 5. The second kappa shape index (κ2) is 6.69. The first kappa shape index (κ1) is 19.1. The lowest BCUT2D eigenvalue weighted by molar-refractivity contribution is -0.231. The Kier molecular flexibility index (Phi) is 4.73. The third-order valence-electron chi connectivity index (χ3n) is 4.79. The van der Waals surface area contributed by atoms with E-state index >= 15 is 0 Å². The maximum absolute atomic E-state index is 12.8. The van der Waals surface area contributed by atoms with Crippen molar-refractivity contribution in [2.75, 3.05) is 0 Å². The first-order chi connectivity index (χ1) is 12.6. The molecule has 8 heteroatoms. The van der Waals surface area contributed by atoms with Crippen molar-refractivity contribution in [1.82, 2.24) is 5.32 Å². The predicted molar refractivity (Wildman–Crippen MR) is 95.8 cm³/mol. The van der Waals surface area contributed by atoms with Gasteiger partial charge in [-0.05, 0) is 45.4 Å². The van der Waals surface area contributed by atoms with Gasteiger partial charge in [0, 0.05) is 11.6 Å². The van der Waals surface area contributed by atoms with Crippen molar-refractivity contribution >= 4 is 17.5 Å². The monoisotopic (exact) mass is 397 g/mol. The van der Waals surface area contributed by atoms with E-state index in [0.717, 1.165) is 5.56 Å². The average Bonchev–Trinajstić information content (AvgIpc) is 3.07. The summed E-state index contributed by atoms with van der Waals surface area (Å²) >= 11 is 5.89. The molecule has 0 spiro atoms. The van der Waals surface area contributed by atoms with Crippen LogP contribution in [-0.4, -0.2) is 48.2 Å². The number of carbonyl (C=O) groups is 1. The fourth-order valence-electron chi connectivity index (χ4n) is 3.72. The fraction of sp³-hybridized carbons (Fsp3) is 0.632. The summed E-state index contributed by atoms with van der Waals surface area (Å²) in [7, 11) is 0. The van der Waals surface area contributed by atoms with Crippen LogP contribution in [-0.2, 0) is 35.0 Å².